The van der Waals surface area contributed by atoms with Crippen LogP contribution in [0.4, 0.5) is 0 Å². The highest BCUT2D eigenvalue weighted by molar-refractivity contribution is 7.89. The van der Waals surface area contributed by atoms with Gasteiger partial charge in [-0.05, 0) is 36.1 Å². The SMILES string of the molecule is CC(C)[C@H](COC(=O)/C=C/C(=O)OC[C@H](NS(=O)(=O)c1ccccc1)C(C)C)NS(=O)(=O)c1ccccc1. The third kappa shape index (κ3) is 10.0. The summed E-state index contributed by atoms with van der Waals surface area (Å²) in [7, 11) is -7.63. The van der Waals surface area contributed by atoms with E-state index in [0.29, 0.717) is 0 Å². The van der Waals surface area contributed by atoms with Gasteiger partial charge in [-0.3, -0.25) is 0 Å². The van der Waals surface area contributed by atoms with Crippen LogP contribution in [0.2, 0.25) is 0 Å². The van der Waals surface area contributed by atoms with Gasteiger partial charge in [0.05, 0.1) is 21.9 Å². The van der Waals surface area contributed by atoms with Crippen LogP contribution in [0, 0.1) is 11.8 Å². The second-order valence-electron chi connectivity index (χ2n) is 9.16. The van der Waals surface area contributed by atoms with Crippen molar-refractivity contribution >= 4 is 32.0 Å². The van der Waals surface area contributed by atoms with Crippen molar-refractivity contribution in [3.63, 3.8) is 0 Å². The molecule has 10 nitrogen and oxygen atoms in total. The van der Waals surface area contributed by atoms with E-state index in [1.165, 1.54) is 24.3 Å². The Balaban J connectivity index is 1.89. The van der Waals surface area contributed by atoms with Crippen molar-refractivity contribution in [2.24, 2.45) is 11.8 Å². The topological polar surface area (TPSA) is 145 Å². The smallest absolute Gasteiger partial charge is 0.331 e. The molecule has 0 aliphatic heterocycles. The van der Waals surface area contributed by atoms with Gasteiger partial charge >= 0.3 is 11.9 Å². The summed E-state index contributed by atoms with van der Waals surface area (Å²) < 4.78 is 65.6. The summed E-state index contributed by atoms with van der Waals surface area (Å²) in [5.74, 6) is -2.11. The molecule has 2 rings (SSSR count). The van der Waals surface area contributed by atoms with Crippen LogP contribution in [0.1, 0.15) is 27.7 Å². The van der Waals surface area contributed by atoms with Crippen molar-refractivity contribution in [3.05, 3.63) is 72.8 Å². The quantitative estimate of drug-likeness (QED) is 0.262. The van der Waals surface area contributed by atoms with Gasteiger partial charge in [-0.25, -0.2) is 35.9 Å². The molecule has 0 aliphatic carbocycles. The Morgan fingerprint density at radius 3 is 1.26 bits per heavy atom. The van der Waals surface area contributed by atoms with Crippen molar-refractivity contribution in [1.82, 2.24) is 9.44 Å². The second-order valence-corrected chi connectivity index (χ2v) is 12.6. The number of sulfonamides is 2. The first-order valence-corrected chi connectivity index (χ1v) is 14.9. The Bertz CT molecular complexity index is 1190. The average molecular weight is 567 g/mol. The molecule has 0 unspecified atom stereocenters. The maximum atomic E-state index is 12.6. The fourth-order valence-electron chi connectivity index (χ4n) is 3.04. The highest BCUT2D eigenvalue weighted by Gasteiger charge is 2.25. The minimum Gasteiger partial charge on any atom is -0.461 e. The second kappa shape index (κ2) is 14.2. The van der Waals surface area contributed by atoms with Gasteiger partial charge in [0, 0.05) is 12.2 Å². The Kier molecular flexibility index (Phi) is 11.6. The lowest BCUT2D eigenvalue weighted by Crippen LogP contribution is -2.42. The van der Waals surface area contributed by atoms with Crippen molar-refractivity contribution in [2.45, 2.75) is 49.6 Å². The van der Waals surface area contributed by atoms with E-state index in [2.05, 4.69) is 9.44 Å². The predicted octanol–water partition coefficient (Wildman–Crippen LogP) is 2.64. The van der Waals surface area contributed by atoms with Crippen molar-refractivity contribution < 1.29 is 35.9 Å². The van der Waals surface area contributed by atoms with E-state index in [9.17, 15) is 26.4 Å². The van der Waals surface area contributed by atoms with Crippen molar-refractivity contribution in [3.8, 4) is 0 Å². The van der Waals surface area contributed by atoms with Crippen LogP contribution >= 0.6 is 0 Å². The van der Waals surface area contributed by atoms with E-state index in [-0.39, 0.29) is 34.8 Å². The minimum atomic E-state index is -3.81. The first-order chi connectivity index (χ1) is 17.8. The summed E-state index contributed by atoms with van der Waals surface area (Å²) in [4.78, 5) is 24.4. The number of hydrogen-bond donors (Lipinski definition) is 2. The number of ether oxygens (including phenoxy) is 2. The molecule has 2 N–H and O–H groups in total. The number of nitrogens with one attached hydrogen (secondary N) is 2. The minimum absolute atomic E-state index is 0.0883. The van der Waals surface area contributed by atoms with Gasteiger partial charge in [0.2, 0.25) is 20.0 Å². The number of esters is 2. The van der Waals surface area contributed by atoms with E-state index in [1.807, 2.05) is 0 Å². The number of benzene rings is 2. The van der Waals surface area contributed by atoms with E-state index in [4.69, 9.17) is 9.47 Å². The molecule has 208 valence electrons. The molecule has 2 aromatic carbocycles. The largest absolute Gasteiger partial charge is 0.461 e. The highest BCUT2D eigenvalue weighted by Crippen LogP contribution is 2.13. The Hall–Kier alpha value is -3.06. The molecule has 2 atom stereocenters. The lowest BCUT2D eigenvalue weighted by molar-refractivity contribution is -0.141. The first kappa shape index (κ1) is 31.2. The fourth-order valence-corrected chi connectivity index (χ4v) is 5.82. The standard InChI is InChI=1S/C26H34N2O8S2/c1-19(2)23(27-37(31,32)21-11-7-5-8-12-21)17-35-25(29)15-16-26(30)36-18-24(20(3)4)28-38(33,34)22-13-9-6-10-14-22/h5-16,19-20,23-24,27-28H,17-18H2,1-4H3/b16-15+/t23-,24-/m0/s1. The Labute approximate surface area is 224 Å². The van der Waals surface area contributed by atoms with Crippen LogP contribution in [0.3, 0.4) is 0 Å². The van der Waals surface area contributed by atoms with Crippen molar-refractivity contribution in [2.75, 3.05) is 13.2 Å². The maximum absolute atomic E-state index is 12.6. The lowest BCUT2D eigenvalue weighted by atomic mass is 10.1. The summed E-state index contributed by atoms with van der Waals surface area (Å²) in [6.07, 6.45) is 1.73. The van der Waals surface area contributed by atoms with Crippen LogP contribution in [0.15, 0.2) is 82.6 Å². The normalized spacial score (nSPS) is 13.9. The van der Waals surface area contributed by atoms with E-state index in [0.717, 1.165) is 12.2 Å². The molecule has 12 heteroatoms. The van der Waals surface area contributed by atoms with Crippen LogP contribution in [0.25, 0.3) is 0 Å². The zero-order chi connectivity index (χ0) is 28.3. The molecule has 0 saturated carbocycles. The molecular formula is C26H34N2O8S2. The molecule has 0 amide bonds. The molecule has 0 saturated heterocycles. The molecule has 0 fully saturated rings. The molecule has 0 radical (unpaired) electrons. The molecule has 0 bridgehead atoms. The summed E-state index contributed by atoms with van der Waals surface area (Å²) in [5, 5.41) is 0. The van der Waals surface area contributed by atoms with Crippen molar-refractivity contribution in [1.29, 1.82) is 0 Å². The lowest BCUT2D eigenvalue weighted by Gasteiger charge is -2.22. The van der Waals surface area contributed by atoms with Gasteiger partial charge in [-0.2, -0.15) is 0 Å². The van der Waals surface area contributed by atoms with Gasteiger partial charge in [0.25, 0.3) is 0 Å². The summed E-state index contributed by atoms with van der Waals surface area (Å²) >= 11 is 0. The number of carbonyl (C=O) groups is 2. The summed E-state index contributed by atoms with van der Waals surface area (Å²) in [6, 6.07) is 14.2. The van der Waals surface area contributed by atoms with E-state index < -0.39 is 44.1 Å². The van der Waals surface area contributed by atoms with Crippen LogP contribution < -0.4 is 9.44 Å². The van der Waals surface area contributed by atoms with Gasteiger partial charge in [0.15, 0.2) is 0 Å². The molecule has 0 aromatic heterocycles. The Morgan fingerprint density at radius 2 is 0.974 bits per heavy atom. The van der Waals surface area contributed by atoms with Gasteiger partial charge < -0.3 is 9.47 Å². The fraction of sp³-hybridized carbons (Fsp3) is 0.385. The van der Waals surface area contributed by atoms with Gasteiger partial charge in [-0.1, -0.05) is 64.1 Å². The third-order valence-corrected chi connectivity index (χ3v) is 8.51. The van der Waals surface area contributed by atoms with Crippen LogP contribution in [0.5, 0.6) is 0 Å². The molecule has 0 aliphatic rings. The first-order valence-electron chi connectivity index (χ1n) is 12.0. The summed E-state index contributed by atoms with van der Waals surface area (Å²) in [6.45, 7) is 6.59. The Morgan fingerprint density at radius 1 is 0.658 bits per heavy atom. The predicted molar refractivity (Wildman–Crippen MR) is 142 cm³/mol. The molecule has 0 spiro atoms. The average Bonchev–Trinajstić information content (AvgIpc) is 2.88. The molecular weight excluding hydrogens is 532 g/mol. The van der Waals surface area contributed by atoms with Gasteiger partial charge in [0.1, 0.15) is 13.2 Å². The zero-order valence-corrected chi connectivity index (χ0v) is 23.4. The third-order valence-electron chi connectivity index (χ3n) is 5.50. The van der Waals surface area contributed by atoms with E-state index >= 15 is 0 Å². The van der Waals surface area contributed by atoms with Crippen LogP contribution in [-0.2, 0) is 39.1 Å². The van der Waals surface area contributed by atoms with Gasteiger partial charge in [-0.15, -0.1) is 0 Å². The number of carbonyl (C=O) groups excluding carboxylic acids is 2. The maximum Gasteiger partial charge on any atom is 0.331 e. The molecule has 2 aromatic rings. The van der Waals surface area contributed by atoms with Crippen LogP contribution in [-0.4, -0.2) is 54.1 Å². The highest BCUT2D eigenvalue weighted by atomic mass is 32.2. The number of rotatable bonds is 14. The monoisotopic (exact) mass is 566 g/mol. The summed E-state index contributed by atoms with van der Waals surface area (Å²) in [5.41, 5.74) is 0. The molecule has 38 heavy (non-hydrogen) atoms. The molecule has 0 heterocycles. The van der Waals surface area contributed by atoms with E-state index in [1.54, 1.807) is 64.1 Å². The number of hydrogen-bond acceptors (Lipinski definition) is 8. The zero-order valence-electron chi connectivity index (χ0n) is 21.7.